The van der Waals surface area contributed by atoms with Crippen LogP contribution < -0.4 is 4.74 Å². The summed E-state index contributed by atoms with van der Waals surface area (Å²) >= 11 is 0. The van der Waals surface area contributed by atoms with Crippen molar-refractivity contribution in [1.82, 2.24) is 0 Å². The van der Waals surface area contributed by atoms with Gasteiger partial charge in [-0.3, -0.25) is 0 Å². The van der Waals surface area contributed by atoms with Gasteiger partial charge in [-0.2, -0.15) is 5.26 Å². The van der Waals surface area contributed by atoms with Crippen LogP contribution in [-0.2, 0) is 4.74 Å². The summed E-state index contributed by atoms with van der Waals surface area (Å²) in [5, 5.41) is 8.75. The Morgan fingerprint density at radius 2 is 2.36 bits per heavy atom. The monoisotopic (exact) mass is 193 g/mol. The summed E-state index contributed by atoms with van der Waals surface area (Å²) in [5.74, 6) is -0.274. The van der Waals surface area contributed by atoms with Gasteiger partial charge in [0.05, 0.1) is 13.7 Å². The number of ether oxygens (including phenoxy) is 2. The minimum atomic E-state index is -0.533. The number of benzene rings is 1. The fourth-order valence-electron chi connectivity index (χ4n) is 1.33. The van der Waals surface area contributed by atoms with Crippen LogP contribution in [0.25, 0.3) is 0 Å². The van der Waals surface area contributed by atoms with Gasteiger partial charge in [-0.15, -0.1) is 0 Å². The fraction of sp³-hybridized carbons (Fsp3) is 0.300. The lowest BCUT2D eigenvalue weighted by molar-refractivity contribution is 0.398. The molecule has 1 aliphatic rings. The molecule has 0 bridgehead atoms. The molecule has 0 saturated carbocycles. The van der Waals surface area contributed by atoms with Crippen molar-refractivity contribution in [2.75, 3.05) is 13.7 Å². The lowest BCUT2D eigenvalue weighted by Crippen LogP contribution is -1.96. The Kier molecular flexibility index (Phi) is 2.10. The van der Waals surface area contributed by atoms with Gasteiger partial charge in [0.15, 0.2) is 5.82 Å². The van der Waals surface area contributed by atoms with Crippen molar-refractivity contribution in [3.8, 4) is 11.8 Å². The van der Waals surface area contributed by atoms with Crippen LogP contribution in [0.1, 0.15) is 17.2 Å². The van der Waals surface area contributed by atoms with E-state index in [1.165, 1.54) is 7.11 Å². The molecular formula is C10H8FNO2. The molecule has 0 aliphatic carbocycles. The second kappa shape index (κ2) is 3.28. The van der Waals surface area contributed by atoms with E-state index >= 15 is 0 Å². The molecular weight excluding hydrogens is 185 g/mol. The molecule has 14 heavy (non-hydrogen) atoms. The Morgan fingerprint density at radius 1 is 1.64 bits per heavy atom. The van der Waals surface area contributed by atoms with Crippen molar-refractivity contribution in [2.24, 2.45) is 0 Å². The van der Waals surface area contributed by atoms with Gasteiger partial charge in [-0.25, -0.2) is 4.39 Å². The standard InChI is InChI=1S/C10H8FNO2/c1-13-8-3-2-6(9-5-14-9)10(11)7(8)4-12/h2-3,9H,5H2,1H3/t9-/m0/s1. The zero-order valence-corrected chi connectivity index (χ0v) is 7.58. The first-order chi connectivity index (χ1) is 6.77. The Labute approximate surface area is 80.7 Å². The van der Waals surface area contributed by atoms with Crippen LogP contribution in [0, 0.1) is 17.1 Å². The number of halogens is 1. The summed E-state index contributed by atoms with van der Waals surface area (Å²) in [6, 6.07) is 4.95. The zero-order valence-electron chi connectivity index (χ0n) is 7.58. The molecule has 1 fully saturated rings. The van der Waals surface area contributed by atoms with Gasteiger partial charge in [0.25, 0.3) is 0 Å². The Bertz CT molecular complexity index is 407. The van der Waals surface area contributed by atoms with Gasteiger partial charge in [0.1, 0.15) is 23.5 Å². The molecule has 1 saturated heterocycles. The topological polar surface area (TPSA) is 45.5 Å². The number of nitriles is 1. The number of methoxy groups -OCH3 is 1. The first kappa shape index (κ1) is 8.97. The van der Waals surface area contributed by atoms with E-state index in [-0.39, 0.29) is 17.4 Å². The molecule has 2 rings (SSSR count). The van der Waals surface area contributed by atoms with Crippen molar-refractivity contribution < 1.29 is 13.9 Å². The maximum Gasteiger partial charge on any atom is 0.150 e. The summed E-state index contributed by atoms with van der Waals surface area (Å²) in [6.07, 6.45) is -0.187. The second-order valence-corrected chi connectivity index (χ2v) is 2.98. The number of epoxide rings is 1. The van der Waals surface area contributed by atoms with Crippen LogP contribution in [0.15, 0.2) is 12.1 Å². The van der Waals surface area contributed by atoms with Gasteiger partial charge >= 0.3 is 0 Å². The lowest BCUT2D eigenvalue weighted by Gasteiger charge is -2.05. The first-order valence-electron chi connectivity index (χ1n) is 4.16. The van der Waals surface area contributed by atoms with Gasteiger partial charge < -0.3 is 9.47 Å². The largest absolute Gasteiger partial charge is 0.495 e. The number of nitrogens with zero attached hydrogens (tertiary/aromatic N) is 1. The summed E-state index contributed by atoms with van der Waals surface area (Å²) in [4.78, 5) is 0. The smallest absolute Gasteiger partial charge is 0.150 e. The van der Waals surface area contributed by atoms with E-state index in [4.69, 9.17) is 14.7 Å². The number of rotatable bonds is 2. The SMILES string of the molecule is COc1ccc([C@@H]2CO2)c(F)c1C#N. The van der Waals surface area contributed by atoms with Crippen LogP contribution in [0.5, 0.6) is 5.75 Å². The van der Waals surface area contributed by atoms with E-state index in [0.717, 1.165) is 0 Å². The second-order valence-electron chi connectivity index (χ2n) is 2.98. The van der Waals surface area contributed by atoms with Crippen molar-refractivity contribution in [2.45, 2.75) is 6.10 Å². The zero-order chi connectivity index (χ0) is 10.1. The van der Waals surface area contributed by atoms with Gasteiger partial charge in [-0.05, 0) is 12.1 Å². The van der Waals surface area contributed by atoms with Crippen LogP contribution in [-0.4, -0.2) is 13.7 Å². The fourth-order valence-corrected chi connectivity index (χ4v) is 1.33. The number of hydrogen-bond donors (Lipinski definition) is 0. The Morgan fingerprint density at radius 3 is 2.86 bits per heavy atom. The highest BCUT2D eigenvalue weighted by Gasteiger charge is 2.29. The summed E-state index contributed by atoms with van der Waals surface area (Å²) < 4.78 is 23.5. The van der Waals surface area contributed by atoms with Crippen molar-refractivity contribution in [3.05, 3.63) is 29.1 Å². The van der Waals surface area contributed by atoms with Crippen molar-refractivity contribution >= 4 is 0 Å². The molecule has 72 valence electrons. The van der Waals surface area contributed by atoms with Gasteiger partial charge in [0.2, 0.25) is 0 Å². The van der Waals surface area contributed by atoms with Crippen LogP contribution >= 0.6 is 0 Å². The minimum absolute atomic E-state index is 0.0551. The van der Waals surface area contributed by atoms with Gasteiger partial charge in [0, 0.05) is 5.56 Å². The average molecular weight is 193 g/mol. The van der Waals surface area contributed by atoms with Gasteiger partial charge in [-0.1, -0.05) is 0 Å². The van der Waals surface area contributed by atoms with E-state index in [2.05, 4.69) is 0 Å². The summed E-state index contributed by atoms with van der Waals surface area (Å²) in [7, 11) is 1.41. The van der Waals surface area contributed by atoms with E-state index in [0.29, 0.717) is 12.2 Å². The third kappa shape index (κ3) is 1.32. The highest BCUT2D eigenvalue weighted by molar-refractivity contribution is 5.47. The first-order valence-corrected chi connectivity index (χ1v) is 4.16. The molecule has 0 N–H and O–H groups in total. The normalized spacial score (nSPS) is 18.8. The molecule has 0 aromatic heterocycles. The predicted octanol–water partition coefficient (Wildman–Crippen LogP) is 1.78. The molecule has 0 unspecified atom stereocenters. The lowest BCUT2D eigenvalue weighted by atomic mass is 10.1. The highest BCUT2D eigenvalue weighted by Crippen LogP contribution is 2.35. The minimum Gasteiger partial charge on any atom is -0.495 e. The third-order valence-electron chi connectivity index (χ3n) is 2.15. The van der Waals surface area contributed by atoms with Crippen molar-refractivity contribution in [3.63, 3.8) is 0 Å². The maximum absolute atomic E-state index is 13.6. The van der Waals surface area contributed by atoms with E-state index in [1.807, 2.05) is 0 Å². The molecule has 4 heteroatoms. The quantitative estimate of drug-likeness (QED) is 0.672. The van der Waals surface area contributed by atoms with E-state index in [9.17, 15) is 4.39 Å². The molecule has 0 radical (unpaired) electrons. The van der Waals surface area contributed by atoms with Crippen LogP contribution in [0.3, 0.4) is 0 Å². The molecule has 1 aromatic rings. The van der Waals surface area contributed by atoms with Crippen LogP contribution in [0.2, 0.25) is 0 Å². The van der Waals surface area contributed by atoms with E-state index in [1.54, 1.807) is 18.2 Å². The summed E-state index contributed by atoms with van der Waals surface area (Å²) in [5.41, 5.74) is 0.378. The molecule has 1 heterocycles. The molecule has 1 aliphatic heterocycles. The average Bonchev–Trinajstić information content (AvgIpc) is 3.00. The summed E-state index contributed by atoms with van der Waals surface area (Å²) in [6.45, 7) is 0.522. The predicted molar refractivity (Wildman–Crippen MR) is 46.4 cm³/mol. The third-order valence-corrected chi connectivity index (χ3v) is 2.15. The highest BCUT2D eigenvalue weighted by atomic mass is 19.1. The molecule has 3 nitrogen and oxygen atoms in total. The van der Waals surface area contributed by atoms with Crippen LogP contribution in [0.4, 0.5) is 4.39 Å². The molecule has 1 atom stereocenters. The Balaban J connectivity index is 2.52. The molecule has 0 amide bonds. The number of hydrogen-bond acceptors (Lipinski definition) is 3. The molecule has 1 aromatic carbocycles. The Hall–Kier alpha value is -1.60. The van der Waals surface area contributed by atoms with Crippen molar-refractivity contribution in [1.29, 1.82) is 5.26 Å². The van der Waals surface area contributed by atoms with E-state index < -0.39 is 5.82 Å². The maximum atomic E-state index is 13.6. The molecule has 0 spiro atoms.